The largest absolute Gasteiger partial charge is 0.358 e. The van der Waals surface area contributed by atoms with E-state index in [1.807, 2.05) is 61.5 Å². The molecule has 4 aromatic rings. The van der Waals surface area contributed by atoms with E-state index in [2.05, 4.69) is 9.38 Å². The molecule has 0 bridgehead atoms. The van der Waals surface area contributed by atoms with Crippen molar-refractivity contribution in [2.45, 2.75) is 18.2 Å². The van der Waals surface area contributed by atoms with Crippen LogP contribution in [-0.2, 0) is 16.4 Å². The van der Waals surface area contributed by atoms with E-state index in [-0.39, 0.29) is 4.90 Å². The van der Waals surface area contributed by atoms with Crippen molar-refractivity contribution in [2.75, 3.05) is 0 Å². The summed E-state index contributed by atoms with van der Waals surface area (Å²) in [4.78, 5) is 3.54. The van der Waals surface area contributed by atoms with Crippen molar-refractivity contribution in [2.24, 2.45) is 4.40 Å². The molecule has 28 heavy (non-hydrogen) atoms. The lowest BCUT2D eigenvalue weighted by atomic mass is 10.00. The van der Waals surface area contributed by atoms with Crippen LogP contribution in [0.2, 0.25) is 0 Å². The molecule has 4 rings (SSSR count). The van der Waals surface area contributed by atoms with Gasteiger partial charge in [-0.2, -0.15) is 12.8 Å². The molecule has 0 unspecified atom stereocenters. The standard InChI is InChI=1S/C23H20N2O2S/c1-17-23(20-14-8-9-15-21(20)24-17)22(16-18-10-4-2-5-11-18)25-28(26,27)19-12-6-3-7-13-19/h2-15,24H,16H2,1H3/b25-22-. The maximum Gasteiger partial charge on any atom is 0.282 e. The molecule has 5 heteroatoms. The van der Waals surface area contributed by atoms with Crippen LogP contribution >= 0.6 is 0 Å². The fourth-order valence-electron chi connectivity index (χ4n) is 3.39. The van der Waals surface area contributed by atoms with Gasteiger partial charge in [0.05, 0.1) is 10.6 Å². The summed E-state index contributed by atoms with van der Waals surface area (Å²) in [5, 5.41) is 0.970. The summed E-state index contributed by atoms with van der Waals surface area (Å²) in [5.74, 6) is 0. The van der Waals surface area contributed by atoms with Crippen molar-refractivity contribution in [1.29, 1.82) is 0 Å². The van der Waals surface area contributed by atoms with Gasteiger partial charge in [-0.3, -0.25) is 0 Å². The fourth-order valence-corrected chi connectivity index (χ4v) is 4.45. The molecule has 0 spiro atoms. The van der Waals surface area contributed by atoms with Crippen LogP contribution in [0.4, 0.5) is 0 Å². The van der Waals surface area contributed by atoms with Crippen molar-refractivity contribution < 1.29 is 8.42 Å². The first-order valence-electron chi connectivity index (χ1n) is 9.05. The van der Waals surface area contributed by atoms with Crippen LogP contribution in [0, 0.1) is 6.92 Å². The van der Waals surface area contributed by atoms with Crippen molar-refractivity contribution in [3.05, 3.63) is 102 Å². The summed E-state index contributed by atoms with van der Waals surface area (Å²) >= 11 is 0. The fraction of sp³-hybridized carbons (Fsp3) is 0.0870. The highest BCUT2D eigenvalue weighted by Crippen LogP contribution is 2.25. The average molecular weight is 388 g/mol. The Kier molecular flexibility index (Phi) is 4.84. The molecule has 0 saturated heterocycles. The van der Waals surface area contributed by atoms with Crippen LogP contribution < -0.4 is 0 Å². The molecule has 0 radical (unpaired) electrons. The Morgan fingerprint density at radius 3 is 2.18 bits per heavy atom. The maximum absolute atomic E-state index is 13.0. The minimum atomic E-state index is -3.82. The maximum atomic E-state index is 13.0. The molecule has 0 aliphatic rings. The number of sulfonamides is 1. The number of H-pyrrole nitrogens is 1. The number of rotatable bonds is 5. The lowest BCUT2D eigenvalue weighted by Crippen LogP contribution is -2.11. The van der Waals surface area contributed by atoms with Crippen LogP contribution in [0.1, 0.15) is 16.8 Å². The van der Waals surface area contributed by atoms with E-state index in [0.29, 0.717) is 12.1 Å². The second-order valence-electron chi connectivity index (χ2n) is 6.66. The molecular weight excluding hydrogens is 368 g/mol. The van der Waals surface area contributed by atoms with Crippen LogP contribution in [0.15, 0.2) is 94.2 Å². The number of benzene rings is 3. The van der Waals surface area contributed by atoms with Gasteiger partial charge in [0.2, 0.25) is 0 Å². The molecular formula is C23H20N2O2S. The molecule has 0 aliphatic carbocycles. The second-order valence-corrected chi connectivity index (χ2v) is 8.26. The molecule has 0 fully saturated rings. The first kappa shape index (κ1) is 18.2. The van der Waals surface area contributed by atoms with Crippen molar-refractivity contribution in [3.8, 4) is 0 Å². The number of hydrogen-bond donors (Lipinski definition) is 1. The van der Waals surface area contributed by atoms with E-state index < -0.39 is 10.0 Å². The lowest BCUT2D eigenvalue weighted by Gasteiger charge is -2.09. The van der Waals surface area contributed by atoms with Gasteiger partial charge in [0, 0.05) is 28.6 Å². The smallest absolute Gasteiger partial charge is 0.282 e. The Labute approximate surface area is 164 Å². The first-order chi connectivity index (χ1) is 13.5. The van der Waals surface area contributed by atoms with Crippen molar-refractivity contribution >= 4 is 26.6 Å². The summed E-state index contributed by atoms with van der Waals surface area (Å²) in [6.07, 6.45) is 0.426. The van der Waals surface area contributed by atoms with Gasteiger partial charge in [0.15, 0.2) is 0 Å². The minimum Gasteiger partial charge on any atom is -0.358 e. The van der Waals surface area contributed by atoms with Gasteiger partial charge < -0.3 is 4.98 Å². The van der Waals surface area contributed by atoms with Gasteiger partial charge in [-0.1, -0.05) is 66.7 Å². The summed E-state index contributed by atoms with van der Waals surface area (Å²) < 4.78 is 30.3. The van der Waals surface area contributed by atoms with E-state index in [0.717, 1.165) is 27.7 Å². The molecule has 3 aromatic carbocycles. The van der Waals surface area contributed by atoms with E-state index in [1.165, 1.54) is 0 Å². The molecule has 1 N–H and O–H groups in total. The van der Waals surface area contributed by atoms with Crippen molar-refractivity contribution in [3.63, 3.8) is 0 Å². The van der Waals surface area contributed by atoms with E-state index >= 15 is 0 Å². The first-order valence-corrected chi connectivity index (χ1v) is 10.5. The topological polar surface area (TPSA) is 62.3 Å². The summed E-state index contributed by atoms with van der Waals surface area (Å²) in [7, 11) is -3.82. The molecule has 0 amide bonds. The Hall–Kier alpha value is -3.18. The lowest BCUT2D eigenvalue weighted by molar-refractivity contribution is 0.598. The number of nitrogens with zero attached hydrogens (tertiary/aromatic N) is 1. The minimum absolute atomic E-state index is 0.193. The summed E-state index contributed by atoms with van der Waals surface area (Å²) in [6.45, 7) is 1.95. The Morgan fingerprint density at radius 1 is 0.857 bits per heavy atom. The van der Waals surface area contributed by atoms with E-state index in [4.69, 9.17) is 0 Å². The number of aryl methyl sites for hydroxylation is 1. The molecule has 0 atom stereocenters. The van der Waals surface area contributed by atoms with Gasteiger partial charge in [0.25, 0.3) is 10.0 Å². The van der Waals surface area contributed by atoms with Gasteiger partial charge in [-0.15, -0.1) is 0 Å². The third-order valence-corrected chi connectivity index (χ3v) is 6.00. The third kappa shape index (κ3) is 3.62. The van der Waals surface area contributed by atoms with Gasteiger partial charge >= 0.3 is 0 Å². The zero-order valence-corrected chi connectivity index (χ0v) is 16.3. The molecule has 0 aliphatic heterocycles. The molecule has 140 valence electrons. The molecule has 1 aromatic heterocycles. The van der Waals surface area contributed by atoms with Crippen LogP contribution in [0.5, 0.6) is 0 Å². The predicted octanol–water partition coefficient (Wildman–Crippen LogP) is 4.90. The number of aromatic nitrogens is 1. The number of hydrogen-bond acceptors (Lipinski definition) is 2. The van der Waals surface area contributed by atoms with E-state index in [9.17, 15) is 8.42 Å². The molecule has 4 nitrogen and oxygen atoms in total. The number of para-hydroxylation sites is 1. The highest BCUT2D eigenvalue weighted by Gasteiger charge is 2.19. The summed E-state index contributed by atoms with van der Waals surface area (Å²) in [6, 6.07) is 26.0. The van der Waals surface area contributed by atoms with Crippen LogP contribution in [0.25, 0.3) is 10.9 Å². The third-order valence-electron chi connectivity index (χ3n) is 4.67. The summed E-state index contributed by atoms with van der Waals surface area (Å²) in [5.41, 5.74) is 4.25. The molecule has 0 saturated carbocycles. The number of nitrogens with one attached hydrogen (secondary N) is 1. The Bertz CT molecular complexity index is 1240. The normalized spacial score (nSPS) is 12.4. The Balaban J connectivity index is 1.91. The monoisotopic (exact) mass is 388 g/mol. The van der Waals surface area contributed by atoms with E-state index in [1.54, 1.807) is 30.3 Å². The number of fused-ring (bicyclic) bond motifs is 1. The zero-order valence-electron chi connectivity index (χ0n) is 15.5. The van der Waals surface area contributed by atoms with Gasteiger partial charge in [-0.05, 0) is 30.7 Å². The Morgan fingerprint density at radius 2 is 1.46 bits per heavy atom. The zero-order chi connectivity index (χ0) is 19.6. The SMILES string of the molecule is Cc1[nH]c2ccccc2c1/C(Cc1ccccc1)=N\S(=O)(=O)c1ccccc1. The van der Waals surface area contributed by atoms with Gasteiger partial charge in [-0.25, -0.2) is 0 Å². The van der Waals surface area contributed by atoms with Crippen LogP contribution in [0.3, 0.4) is 0 Å². The van der Waals surface area contributed by atoms with Gasteiger partial charge in [0.1, 0.15) is 0 Å². The number of aromatic amines is 1. The quantitative estimate of drug-likeness (QED) is 0.495. The van der Waals surface area contributed by atoms with Crippen molar-refractivity contribution in [1.82, 2.24) is 4.98 Å². The highest BCUT2D eigenvalue weighted by molar-refractivity contribution is 7.90. The van der Waals surface area contributed by atoms with Crippen LogP contribution in [-0.4, -0.2) is 19.1 Å². The highest BCUT2D eigenvalue weighted by atomic mass is 32.2. The second kappa shape index (κ2) is 7.44. The average Bonchev–Trinajstić information content (AvgIpc) is 3.04. The predicted molar refractivity (Wildman–Crippen MR) is 113 cm³/mol. The molecule has 1 heterocycles.